The number of carbonyl (C=O) groups is 1. The van der Waals surface area contributed by atoms with Gasteiger partial charge in [-0.2, -0.15) is 5.10 Å². The number of rotatable bonds is 9. The molecule has 1 N–H and O–H groups in total. The molecule has 0 bridgehead atoms. The first-order chi connectivity index (χ1) is 14.0. The van der Waals surface area contributed by atoms with Gasteiger partial charge in [0.25, 0.3) is 25.0 Å². The number of nitrogens with zero attached hydrogens (tertiary/aromatic N) is 3. The Bertz CT molecular complexity index is 921. The second-order valence-corrected chi connectivity index (χ2v) is 5.88. The Balaban J connectivity index is 2.29. The Kier molecular flexibility index (Phi) is 7.24. The highest BCUT2D eigenvalue weighted by Gasteiger charge is 2.27. The summed E-state index contributed by atoms with van der Waals surface area (Å²) >= 11 is 0. The van der Waals surface area contributed by atoms with Crippen molar-refractivity contribution in [3.63, 3.8) is 0 Å². The van der Waals surface area contributed by atoms with Crippen molar-refractivity contribution in [1.82, 2.24) is 9.78 Å². The molecule has 30 heavy (non-hydrogen) atoms. The zero-order chi connectivity index (χ0) is 22.6. The second-order valence-electron chi connectivity index (χ2n) is 5.88. The summed E-state index contributed by atoms with van der Waals surface area (Å²) < 4.78 is 81.5. The zero-order valence-electron chi connectivity index (χ0n) is 15.1. The van der Waals surface area contributed by atoms with Crippen molar-refractivity contribution in [3.8, 4) is 5.75 Å². The van der Waals surface area contributed by atoms with Crippen molar-refractivity contribution < 1.29 is 40.8 Å². The molecule has 8 nitrogen and oxygen atoms in total. The molecular weight excluding hydrogens is 426 g/mol. The third-order valence-electron chi connectivity index (χ3n) is 3.72. The summed E-state index contributed by atoms with van der Waals surface area (Å²) in [6.45, 7) is 0.0292. The van der Waals surface area contributed by atoms with Crippen LogP contribution in [-0.4, -0.2) is 33.6 Å². The highest BCUT2D eigenvalue weighted by atomic mass is 19.3. The van der Waals surface area contributed by atoms with Crippen LogP contribution in [0.5, 0.6) is 5.75 Å². The van der Waals surface area contributed by atoms with E-state index in [1.54, 1.807) is 0 Å². The van der Waals surface area contributed by atoms with Crippen LogP contribution < -0.4 is 10.1 Å². The number of halogens is 6. The van der Waals surface area contributed by atoms with E-state index in [0.717, 1.165) is 25.1 Å². The van der Waals surface area contributed by atoms with Crippen LogP contribution in [-0.2, 0) is 4.79 Å². The quantitative estimate of drug-likeness (QED) is 0.351. The molecule has 1 amide bonds. The molecule has 2 rings (SSSR count). The Labute approximate surface area is 164 Å². The van der Waals surface area contributed by atoms with Crippen LogP contribution in [0.25, 0.3) is 0 Å². The third kappa shape index (κ3) is 5.61. The van der Waals surface area contributed by atoms with E-state index in [4.69, 9.17) is 4.74 Å². The molecule has 0 radical (unpaired) electrons. The summed E-state index contributed by atoms with van der Waals surface area (Å²) in [5, 5.41) is 16.5. The number of nitro groups is 1. The normalized spacial score (nSPS) is 12.5. The number of aromatic nitrogens is 2. The molecule has 0 saturated heterocycles. The predicted molar refractivity (Wildman–Crippen MR) is 90.1 cm³/mol. The van der Waals surface area contributed by atoms with Gasteiger partial charge in [0, 0.05) is 12.1 Å². The molecule has 0 aliphatic carbocycles. The van der Waals surface area contributed by atoms with Gasteiger partial charge in [-0.05, 0) is 13.0 Å². The molecule has 1 aromatic carbocycles. The fourth-order valence-electron chi connectivity index (χ4n) is 2.37. The number of hydrogen-bond donors (Lipinski definition) is 1. The smallest absolute Gasteiger partial charge is 0.282 e. The van der Waals surface area contributed by atoms with E-state index < -0.39 is 59.8 Å². The predicted octanol–water partition coefficient (Wildman–Crippen LogP) is 4.51. The summed E-state index contributed by atoms with van der Waals surface area (Å²) in [6, 6.07) is 1.68. The van der Waals surface area contributed by atoms with Crippen molar-refractivity contribution in [2.45, 2.75) is 32.2 Å². The molecule has 2 aromatic rings. The van der Waals surface area contributed by atoms with Gasteiger partial charge in [-0.3, -0.25) is 19.6 Å². The molecule has 0 spiro atoms. The molecule has 164 valence electrons. The standard InChI is InChI=1S/C16H14F6N4O4/c1-7(25-12(15(21)22)5-11(24-25)14(19)20)16(27)23-8-2-9(26(28)29)4-10(3-8)30-6-13(17)18/h2-5,7,13-15H,6H2,1H3,(H,23,27). The molecule has 14 heteroatoms. The Morgan fingerprint density at radius 2 is 1.83 bits per heavy atom. The van der Waals surface area contributed by atoms with Crippen LogP contribution in [0, 0.1) is 10.1 Å². The number of carbonyl (C=O) groups excluding carboxylic acids is 1. The first-order valence-electron chi connectivity index (χ1n) is 8.16. The third-order valence-corrected chi connectivity index (χ3v) is 3.72. The molecule has 0 aliphatic heterocycles. The van der Waals surface area contributed by atoms with Crippen LogP contribution in [0.1, 0.15) is 37.2 Å². The molecule has 0 fully saturated rings. The van der Waals surface area contributed by atoms with Crippen molar-refractivity contribution in [2.24, 2.45) is 0 Å². The number of anilines is 1. The second kappa shape index (κ2) is 9.45. The number of nitrogens with one attached hydrogen (secondary N) is 1. The van der Waals surface area contributed by atoms with Crippen molar-refractivity contribution in [3.05, 3.63) is 45.8 Å². The summed E-state index contributed by atoms with van der Waals surface area (Å²) in [7, 11) is 0. The summed E-state index contributed by atoms with van der Waals surface area (Å²) in [6.07, 6.45) is -9.21. The SMILES string of the molecule is CC(C(=O)Nc1cc(OCC(F)F)cc([N+](=O)[O-])c1)n1nc(C(F)F)cc1C(F)F. The molecule has 0 aliphatic rings. The average molecular weight is 440 g/mol. The lowest BCUT2D eigenvalue weighted by molar-refractivity contribution is -0.384. The van der Waals surface area contributed by atoms with Crippen LogP contribution in [0.4, 0.5) is 37.7 Å². The number of nitro benzene ring substituents is 1. The van der Waals surface area contributed by atoms with Crippen LogP contribution in [0.15, 0.2) is 24.3 Å². The minimum atomic E-state index is -3.20. The van der Waals surface area contributed by atoms with Crippen LogP contribution >= 0.6 is 0 Å². The van der Waals surface area contributed by atoms with Gasteiger partial charge in [0.2, 0.25) is 5.91 Å². The number of benzene rings is 1. The molecule has 1 aromatic heterocycles. The monoisotopic (exact) mass is 440 g/mol. The van der Waals surface area contributed by atoms with Crippen molar-refractivity contribution in [1.29, 1.82) is 0 Å². The molecule has 1 unspecified atom stereocenters. The Morgan fingerprint density at radius 1 is 1.17 bits per heavy atom. The maximum absolute atomic E-state index is 13.1. The van der Waals surface area contributed by atoms with Gasteiger partial charge in [0.05, 0.1) is 16.7 Å². The van der Waals surface area contributed by atoms with Crippen LogP contribution in [0.3, 0.4) is 0 Å². The maximum Gasteiger partial charge on any atom is 0.282 e. The Hall–Kier alpha value is -3.32. The highest BCUT2D eigenvalue weighted by molar-refractivity contribution is 5.94. The average Bonchev–Trinajstić information content (AvgIpc) is 3.11. The number of non-ortho nitro benzene ring substituents is 1. The van der Waals surface area contributed by atoms with Gasteiger partial charge in [-0.25, -0.2) is 26.3 Å². The van der Waals surface area contributed by atoms with Gasteiger partial charge in [0.1, 0.15) is 29.8 Å². The number of amides is 1. The van der Waals surface area contributed by atoms with E-state index in [1.807, 2.05) is 0 Å². The molecule has 1 heterocycles. The fourth-order valence-corrected chi connectivity index (χ4v) is 2.37. The summed E-state index contributed by atoms with van der Waals surface area (Å²) in [5.41, 5.74) is -2.74. The molecule has 1 atom stereocenters. The van der Waals surface area contributed by atoms with Crippen molar-refractivity contribution in [2.75, 3.05) is 11.9 Å². The van der Waals surface area contributed by atoms with Gasteiger partial charge in [-0.1, -0.05) is 0 Å². The maximum atomic E-state index is 13.1. The summed E-state index contributed by atoms with van der Waals surface area (Å²) in [5.74, 6) is -1.37. The lowest BCUT2D eigenvalue weighted by Crippen LogP contribution is -2.26. The van der Waals surface area contributed by atoms with Crippen molar-refractivity contribution >= 4 is 17.3 Å². The summed E-state index contributed by atoms with van der Waals surface area (Å²) in [4.78, 5) is 22.5. The van der Waals surface area contributed by atoms with Gasteiger partial charge < -0.3 is 10.1 Å². The topological polar surface area (TPSA) is 99.3 Å². The minimum Gasteiger partial charge on any atom is -0.487 e. The first kappa shape index (κ1) is 23.0. The first-order valence-corrected chi connectivity index (χ1v) is 8.16. The van der Waals surface area contributed by atoms with E-state index in [-0.39, 0.29) is 11.4 Å². The zero-order valence-corrected chi connectivity index (χ0v) is 15.1. The largest absolute Gasteiger partial charge is 0.487 e. The molecule has 0 saturated carbocycles. The number of hydrogen-bond acceptors (Lipinski definition) is 5. The Morgan fingerprint density at radius 3 is 2.37 bits per heavy atom. The number of alkyl halides is 6. The lowest BCUT2D eigenvalue weighted by Gasteiger charge is -2.16. The van der Waals surface area contributed by atoms with E-state index in [0.29, 0.717) is 10.7 Å². The van der Waals surface area contributed by atoms with E-state index in [2.05, 4.69) is 10.4 Å². The minimum absolute atomic E-state index is 0.259. The van der Waals surface area contributed by atoms with Crippen LogP contribution in [0.2, 0.25) is 0 Å². The van der Waals surface area contributed by atoms with E-state index >= 15 is 0 Å². The molecular formula is C16H14F6N4O4. The van der Waals surface area contributed by atoms with E-state index in [9.17, 15) is 41.3 Å². The lowest BCUT2D eigenvalue weighted by atomic mass is 10.2. The van der Waals surface area contributed by atoms with Gasteiger partial charge in [-0.15, -0.1) is 0 Å². The van der Waals surface area contributed by atoms with E-state index in [1.165, 1.54) is 0 Å². The van der Waals surface area contributed by atoms with Gasteiger partial charge in [0.15, 0.2) is 0 Å². The highest BCUT2D eigenvalue weighted by Crippen LogP contribution is 2.29. The van der Waals surface area contributed by atoms with Gasteiger partial charge >= 0.3 is 0 Å². The fraction of sp³-hybridized carbons (Fsp3) is 0.375. The number of ether oxygens (including phenoxy) is 1.